The minimum absolute atomic E-state index is 0.00412. The number of nitrogens with one attached hydrogen (secondary N) is 3. The van der Waals surface area contributed by atoms with Gasteiger partial charge in [-0.25, -0.2) is 0 Å². The van der Waals surface area contributed by atoms with Gasteiger partial charge in [-0.3, -0.25) is 9.59 Å². The Labute approximate surface area is 96.1 Å². The van der Waals surface area contributed by atoms with Crippen molar-refractivity contribution in [2.75, 3.05) is 34.4 Å². The molecular formula is C10H21N3O3. The molecule has 6 nitrogen and oxygen atoms in total. The van der Waals surface area contributed by atoms with Crippen molar-refractivity contribution in [3.05, 3.63) is 0 Å². The smallest absolute Gasteiger partial charge is 0.239 e. The number of Topliss-reactive ketones (excluding diaryl/α,β-unsaturated/α-hetero) is 1. The van der Waals surface area contributed by atoms with E-state index in [1.54, 1.807) is 14.1 Å². The first kappa shape index (κ1) is 15.0. The fraction of sp³-hybridized carbons (Fsp3) is 0.800. The molecule has 0 aliphatic heterocycles. The van der Waals surface area contributed by atoms with E-state index >= 15 is 0 Å². The molecule has 0 aromatic heterocycles. The van der Waals surface area contributed by atoms with E-state index in [1.165, 1.54) is 14.0 Å². The highest BCUT2D eigenvalue weighted by Crippen LogP contribution is 1.87. The van der Waals surface area contributed by atoms with Crippen LogP contribution in [0.5, 0.6) is 0 Å². The van der Waals surface area contributed by atoms with Crippen molar-refractivity contribution in [1.29, 1.82) is 0 Å². The Hall–Kier alpha value is -0.980. The first-order valence-corrected chi connectivity index (χ1v) is 5.18. The molecule has 0 heterocycles. The molecule has 0 saturated heterocycles. The van der Waals surface area contributed by atoms with E-state index in [2.05, 4.69) is 16.0 Å². The van der Waals surface area contributed by atoms with E-state index < -0.39 is 6.04 Å². The third-order valence-electron chi connectivity index (χ3n) is 2.32. The van der Waals surface area contributed by atoms with Crippen LogP contribution in [0.15, 0.2) is 0 Å². The van der Waals surface area contributed by atoms with Crippen molar-refractivity contribution in [2.24, 2.45) is 0 Å². The third kappa shape index (κ3) is 5.20. The van der Waals surface area contributed by atoms with Gasteiger partial charge in [-0.2, -0.15) is 0 Å². The maximum atomic E-state index is 11.6. The normalized spacial score (nSPS) is 14.2. The average Bonchev–Trinajstić information content (AvgIpc) is 2.25. The van der Waals surface area contributed by atoms with Gasteiger partial charge in [0.25, 0.3) is 0 Å². The predicted octanol–water partition coefficient (Wildman–Crippen LogP) is -1.49. The molecule has 16 heavy (non-hydrogen) atoms. The van der Waals surface area contributed by atoms with Gasteiger partial charge in [-0.05, 0) is 21.0 Å². The Kier molecular flexibility index (Phi) is 7.70. The Balaban J connectivity index is 4.07. The number of ketones is 1. The van der Waals surface area contributed by atoms with Crippen molar-refractivity contribution in [3.8, 4) is 0 Å². The van der Waals surface area contributed by atoms with Crippen LogP contribution in [0.4, 0.5) is 0 Å². The number of methoxy groups -OCH3 is 1. The molecule has 0 aromatic rings. The van der Waals surface area contributed by atoms with Gasteiger partial charge < -0.3 is 20.7 Å². The van der Waals surface area contributed by atoms with Crippen molar-refractivity contribution in [3.63, 3.8) is 0 Å². The second-order valence-electron chi connectivity index (χ2n) is 3.49. The fourth-order valence-electron chi connectivity index (χ4n) is 1.23. The number of hydrogen-bond donors (Lipinski definition) is 3. The van der Waals surface area contributed by atoms with E-state index in [1.807, 2.05) is 0 Å². The molecule has 0 aromatic carbocycles. The summed E-state index contributed by atoms with van der Waals surface area (Å²) in [6, 6.07) is -0.738. The molecule has 3 N–H and O–H groups in total. The number of ether oxygens (including phenoxy) is 1. The molecule has 0 spiro atoms. The number of carbonyl (C=O) groups excluding carboxylic acids is 2. The Bertz CT molecular complexity index is 233. The summed E-state index contributed by atoms with van der Waals surface area (Å²) >= 11 is 0. The van der Waals surface area contributed by atoms with Crippen LogP contribution in [-0.2, 0) is 14.3 Å². The molecule has 0 fully saturated rings. The first-order valence-electron chi connectivity index (χ1n) is 5.18. The van der Waals surface area contributed by atoms with Crippen LogP contribution in [0.3, 0.4) is 0 Å². The molecular weight excluding hydrogens is 210 g/mol. The van der Waals surface area contributed by atoms with Crippen molar-refractivity contribution >= 4 is 11.7 Å². The minimum atomic E-state index is -0.394. The zero-order valence-corrected chi connectivity index (χ0v) is 10.3. The highest BCUT2D eigenvalue weighted by molar-refractivity contribution is 5.85. The van der Waals surface area contributed by atoms with Crippen LogP contribution < -0.4 is 16.0 Å². The summed E-state index contributed by atoms with van der Waals surface area (Å²) in [5.74, 6) is -0.179. The lowest BCUT2D eigenvalue weighted by Gasteiger charge is -2.18. The van der Waals surface area contributed by atoms with Crippen LogP contribution in [-0.4, -0.2) is 58.1 Å². The Morgan fingerprint density at radius 3 is 2.12 bits per heavy atom. The second kappa shape index (κ2) is 8.20. The summed E-state index contributed by atoms with van der Waals surface area (Å²) < 4.78 is 4.89. The summed E-state index contributed by atoms with van der Waals surface area (Å²) in [4.78, 5) is 22.7. The lowest BCUT2D eigenvalue weighted by molar-refractivity contribution is -0.124. The van der Waals surface area contributed by atoms with Gasteiger partial charge >= 0.3 is 0 Å². The standard InChI is InChI=1S/C10H21N3O3/c1-7(14)8(11-2)5-13-10(15)9(12-3)6-16-4/h8-9,11-12H,5-6H2,1-4H3,(H,13,15)/t8-,9-/m0/s1. The predicted molar refractivity (Wildman–Crippen MR) is 61.3 cm³/mol. The molecule has 0 bridgehead atoms. The van der Waals surface area contributed by atoms with E-state index in [-0.39, 0.29) is 24.3 Å². The number of carbonyl (C=O) groups is 2. The Morgan fingerprint density at radius 2 is 1.75 bits per heavy atom. The van der Waals surface area contributed by atoms with E-state index in [0.717, 1.165) is 0 Å². The van der Waals surface area contributed by atoms with Crippen LogP contribution in [0, 0.1) is 0 Å². The van der Waals surface area contributed by atoms with Crippen molar-refractivity contribution < 1.29 is 14.3 Å². The largest absolute Gasteiger partial charge is 0.383 e. The number of amides is 1. The molecule has 2 atom stereocenters. The molecule has 0 aliphatic carbocycles. The molecule has 0 aliphatic rings. The number of likely N-dealkylation sites (N-methyl/N-ethyl adjacent to an activating group) is 2. The SMILES string of the molecule is CN[C@@H](CNC(=O)[C@H](COC)NC)C(C)=O. The lowest BCUT2D eigenvalue weighted by atomic mass is 10.2. The molecule has 1 amide bonds. The zero-order valence-electron chi connectivity index (χ0n) is 10.3. The number of rotatable bonds is 8. The zero-order chi connectivity index (χ0) is 12.6. The molecule has 6 heteroatoms. The topological polar surface area (TPSA) is 79.5 Å². The third-order valence-corrected chi connectivity index (χ3v) is 2.32. The van der Waals surface area contributed by atoms with E-state index in [0.29, 0.717) is 6.61 Å². The summed E-state index contributed by atoms with van der Waals surface area (Å²) in [7, 11) is 4.90. The van der Waals surface area contributed by atoms with Gasteiger partial charge in [0, 0.05) is 13.7 Å². The van der Waals surface area contributed by atoms with E-state index in [9.17, 15) is 9.59 Å². The average molecular weight is 231 g/mol. The Morgan fingerprint density at radius 1 is 1.19 bits per heavy atom. The molecule has 0 saturated carbocycles. The second-order valence-corrected chi connectivity index (χ2v) is 3.49. The van der Waals surface area contributed by atoms with Crippen LogP contribution >= 0.6 is 0 Å². The van der Waals surface area contributed by atoms with Gasteiger partial charge in [0.1, 0.15) is 11.8 Å². The van der Waals surface area contributed by atoms with Crippen molar-refractivity contribution in [2.45, 2.75) is 19.0 Å². The summed E-state index contributed by atoms with van der Waals surface area (Å²) in [6.45, 7) is 2.07. The summed E-state index contributed by atoms with van der Waals surface area (Å²) in [5.41, 5.74) is 0. The van der Waals surface area contributed by atoms with Gasteiger partial charge in [0.2, 0.25) is 5.91 Å². The minimum Gasteiger partial charge on any atom is -0.383 e. The molecule has 94 valence electrons. The number of hydrogen-bond acceptors (Lipinski definition) is 5. The fourth-order valence-corrected chi connectivity index (χ4v) is 1.23. The van der Waals surface area contributed by atoms with Gasteiger partial charge in [-0.1, -0.05) is 0 Å². The van der Waals surface area contributed by atoms with Gasteiger partial charge in [-0.15, -0.1) is 0 Å². The lowest BCUT2D eigenvalue weighted by Crippen LogP contribution is -2.50. The van der Waals surface area contributed by atoms with Gasteiger partial charge in [0.15, 0.2) is 0 Å². The van der Waals surface area contributed by atoms with Gasteiger partial charge in [0.05, 0.1) is 12.6 Å². The van der Waals surface area contributed by atoms with Crippen molar-refractivity contribution in [1.82, 2.24) is 16.0 Å². The first-order chi connectivity index (χ1) is 7.56. The maximum absolute atomic E-state index is 11.6. The monoisotopic (exact) mass is 231 g/mol. The quantitative estimate of drug-likeness (QED) is 0.474. The molecule has 0 rings (SSSR count). The van der Waals surface area contributed by atoms with Crippen LogP contribution in [0.25, 0.3) is 0 Å². The summed E-state index contributed by atoms with van der Waals surface area (Å²) in [6.07, 6.45) is 0. The van der Waals surface area contributed by atoms with Crippen LogP contribution in [0.1, 0.15) is 6.92 Å². The summed E-state index contributed by atoms with van der Waals surface area (Å²) in [5, 5.41) is 8.35. The highest BCUT2D eigenvalue weighted by atomic mass is 16.5. The maximum Gasteiger partial charge on any atom is 0.239 e. The van der Waals surface area contributed by atoms with E-state index in [4.69, 9.17) is 4.74 Å². The highest BCUT2D eigenvalue weighted by Gasteiger charge is 2.18. The molecule has 0 radical (unpaired) electrons. The molecule has 0 unspecified atom stereocenters. The van der Waals surface area contributed by atoms with Crippen LogP contribution in [0.2, 0.25) is 0 Å².